The second-order valence-electron chi connectivity index (χ2n) is 6.43. The highest BCUT2D eigenvalue weighted by Gasteiger charge is 2.02. The number of benzene rings is 1. The zero-order valence-electron chi connectivity index (χ0n) is 20.7. The van der Waals surface area contributed by atoms with Crippen LogP contribution in [0.4, 0.5) is 0 Å². The molecule has 0 N–H and O–H groups in total. The number of allylic oxidation sites excluding steroid dienone is 4. The van der Waals surface area contributed by atoms with Gasteiger partial charge in [0.05, 0.1) is 0 Å². The number of rotatable bonds is 8. The average Bonchev–Trinajstić information content (AvgIpc) is 2.74. The summed E-state index contributed by atoms with van der Waals surface area (Å²) in [6.07, 6.45) is 11.0. The van der Waals surface area contributed by atoms with Gasteiger partial charge in [-0.2, -0.15) is 0 Å². The lowest BCUT2D eigenvalue weighted by Gasteiger charge is -2.24. The van der Waals surface area contributed by atoms with Gasteiger partial charge in [0, 0.05) is 24.4 Å². The van der Waals surface area contributed by atoms with Crippen molar-refractivity contribution in [3.05, 3.63) is 65.9 Å². The van der Waals surface area contributed by atoms with Gasteiger partial charge in [-0.15, -0.1) is 0 Å². The summed E-state index contributed by atoms with van der Waals surface area (Å²) in [5.41, 5.74) is 4.06. The van der Waals surface area contributed by atoms with Crippen LogP contribution in [0.1, 0.15) is 97.5 Å². The molecule has 0 amide bonds. The molecule has 0 radical (unpaired) electrons. The molecule has 0 bridgehead atoms. The molecule has 0 atom stereocenters. The minimum Gasteiger partial charge on any atom is -0.372 e. The van der Waals surface area contributed by atoms with E-state index in [-0.39, 0.29) is 0 Å². The fourth-order valence-electron chi connectivity index (χ4n) is 2.34. The van der Waals surface area contributed by atoms with Crippen LogP contribution in [0.5, 0.6) is 0 Å². The number of carbonyl (C=O) groups is 1. The van der Waals surface area contributed by atoms with Crippen LogP contribution >= 0.6 is 0 Å². The number of hydrogen-bond donors (Lipinski definition) is 0. The Morgan fingerprint density at radius 2 is 1.55 bits per heavy atom. The van der Waals surface area contributed by atoms with Crippen LogP contribution < -0.4 is 0 Å². The van der Waals surface area contributed by atoms with E-state index in [1.807, 2.05) is 39.0 Å². The monoisotopic (exact) mass is 401 g/mol. The lowest BCUT2D eigenvalue weighted by molar-refractivity contribution is 0.112. The summed E-state index contributed by atoms with van der Waals surface area (Å²) in [5, 5.41) is 0. The van der Waals surface area contributed by atoms with Gasteiger partial charge in [-0.3, -0.25) is 4.79 Å². The van der Waals surface area contributed by atoms with Crippen molar-refractivity contribution in [3.63, 3.8) is 0 Å². The van der Waals surface area contributed by atoms with Gasteiger partial charge in [-0.25, -0.2) is 0 Å². The number of nitrogens with zero attached hydrogens (tertiary/aromatic N) is 1. The fourth-order valence-corrected chi connectivity index (χ4v) is 2.34. The van der Waals surface area contributed by atoms with Crippen molar-refractivity contribution < 1.29 is 4.79 Å². The van der Waals surface area contributed by atoms with Crippen LogP contribution in [0.25, 0.3) is 5.57 Å². The maximum Gasteiger partial charge on any atom is 0.150 e. The summed E-state index contributed by atoms with van der Waals surface area (Å²) in [6, 6.07) is 7.40. The molecular formula is C27H47NO. The zero-order chi connectivity index (χ0) is 23.1. The minimum absolute atomic E-state index is 0.700. The Labute approximate surface area is 182 Å². The van der Waals surface area contributed by atoms with Crippen LogP contribution in [0, 0.1) is 0 Å². The van der Waals surface area contributed by atoms with Crippen molar-refractivity contribution in [2.75, 3.05) is 13.1 Å². The molecule has 0 saturated heterocycles. The molecule has 0 aliphatic heterocycles. The van der Waals surface area contributed by atoms with Crippen molar-refractivity contribution >= 4 is 11.9 Å². The molecule has 0 aliphatic carbocycles. The van der Waals surface area contributed by atoms with Gasteiger partial charge in [0.1, 0.15) is 6.29 Å². The quantitative estimate of drug-likeness (QED) is 0.321. The molecule has 166 valence electrons. The molecular weight excluding hydrogens is 354 g/mol. The summed E-state index contributed by atoms with van der Waals surface area (Å²) < 4.78 is 0. The Balaban J connectivity index is -0.000000384. The number of aldehydes is 1. The Morgan fingerprint density at radius 3 is 1.90 bits per heavy atom. The molecule has 29 heavy (non-hydrogen) atoms. The van der Waals surface area contributed by atoms with Gasteiger partial charge in [0.2, 0.25) is 0 Å². The Hall–Kier alpha value is -2.09. The van der Waals surface area contributed by atoms with Gasteiger partial charge in [0.15, 0.2) is 0 Å². The summed E-state index contributed by atoms with van der Waals surface area (Å²) >= 11 is 0. The fraction of sp³-hybridized carbons (Fsp3) is 0.519. The third-order valence-electron chi connectivity index (χ3n) is 3.50. The van der Waals surface area contributed by atoms with E-state index in [0.29, 0.717) is 5.56 Å². The number of carbonyl (C=O) groups excluding carboxylic acids is 1. The molecule has 2 heteroatoms. The van der Waals surface area contributed by atoms with Crippen LogP contribution in [-0.4, -0.2) is 24.3 Å². The van der Waals surface area contributed by atoms with E-state index in [1.165, 1.54) is 25.0 Å². The second kappa shape index (κ2) is 23.9. The molecule has 0 unspecified atom stereocenters. The average molecular weight is 402 g/mol. The third-order valence-corrected chi connectivity index (χ3v) is 3.50. The van der Waals surface area contributed by atoms with E-state index in [4.69, 9.17) is 0 Å². The third kappa shape index (κ3) is 17.7. The van der Waals surface area contributed by atoms with Crippen LogP contribution in [0.3, 0.4) is 0 Å². The standard InChI is InChI=1S/C12H23N.C10H10O.C3H8.C2H6/c1-5-9-12(8-4)13(10-6-2)11-7-3;1-8(2)10-5-3-4-9(6-10)7-11;1-3-2;1-2/h5,8-9H,6-7,10-11H2,1-4H3;3-7H,1H2,2H3;3H2,1-2H3;1-2H3/b9-5+,12-8+;;;. The van der Waals surface area contributed by atoms with E-state index < -0.39 is 0 Å². The van der Waals surface area contributed by atoms with E-state index in [2.05, 4.69) is 71.2 Å². The first-order valence-corrected chi connectivity index (χ1v) is 11.2. The first kappa shape index (κ1) is 31.6. The van der Waals surface area contributed by atoms with Gasteiger partial charge in [-0.1, -0.05) is 90.5 Å². The highest BCUT2D eigenvalue weighted by Crippen LogP contribution is 2.11. The van der Waals surface area contributed by atoms with Crippen molar-refractivity contribution in [1.82, 2.24) is 4.90 Å². The summed E-state index contributed by atoms with van der Waals surface area (Å²) in [7, 11) is 0. The maximum atomic E-state index is 10.4. The van der Waals surface area contributed by atoms with E-state index >= 15 is 0 Å². The Morgan fingerprint density at radius 1 is 1.03 bits per heavy atom. The van der Waals surface area contributed by atoms with E-state index in [1.54, 1.807) is 6.07 Å². The van der Waals surface area contributed by atoms with Gasteiger partial charge in [-0.05, 0) is 51.3 Å². The van der Waals surface area contributed by atoms with Crippen molar-refractivity contribution in [3.8, 4) is 0 Å². The molecule has 1 aromatic carbocycles. The first-order valence-electron chi connectivity index (χ1n) is 11.2. The van der Waals surface area contributed by atoms with Crippen LogP contribution in [0.15, 0.2) is 54.8 Å². The van der Waals surface area contributed by atoms with E-state index in [0.717, 1.165) is 30.5 Å². The molecule has 0 spiro atoms. The van der Waals surface area contributed by atoms with Crippen molar-refractivity contribution in [1.29, 1.82) is 0 Å². The lowest BCUT2D eigenvalue weighted by Crippen LogP contribution is -2.23. The smallest absolute Gasteiger partial charge is 0.150 e. The van der Waals surface area contributed by atoms with Gasteiger partial charge in [0.25, 0.3) is 0 Å². The van der Waals surface area contributed by atoms with Crippen LogP contribution in [-0.2, 0) is 0 Å². The molecule has 0 aromatic heterocycles. The van der Waals surface area contributed by atoms with Gasteiger partial charge >= 0.3 is 0 Å². The van der Waals surface area contributed by atoms with E-state index in [9.17, 15) is 4.79 Å². The maximum absolute atomic E-state index is 10.4. The minimum atomic E-state index is 0.700. The molecule has 0 saturated carbocycles. The largest absolute Gasteiger partial charge is 0.372 e. The highest BCUT2D eigenvalue weighted by molar-refractivity contribution is 5.77. The lowest BCUT2D eigenvalue weighted by atomic mass is 10.1. The highest BCUT2D eigenvalue weighted by atomic mass is 16.1. The molecule has 1 aromatic rings. The molecule has 0 aliphatic rings. The zero-order valence-corrected chi connectivity index (χ0v) is 20.7. The second-order valence-corrected chi connectivity index (χ2v) is 6.43. The summed E-state index contributed by atoms with van der Waals surface area (Å²) in [4.78, 5) is 12.8. The normalized spacial score (nSPS) is 9.90. The predicted molar refractivity (Wildman–Crippen MR) is 135 cm³/mol. The first-order chi connectivity index (χ1) is 13.9. The Bertz CT molecular complexity index is 564. The number of hydrogen-bond acceptors (Lipinski definition) is 2. The van der Waals surface area contributed by atoms with Gasteiger partial charge < -0.3 is 4.90 Å². The topological polar surface area (TPSA) is 20.3 Å². The molecule has 1 rings (SSSR count). The van der Waals surface area contributed by atoms with Crippen molar-refractivity contribution in [2.24, 2.45) is 0 Å². The summed E-state index contributed by atoms with van der Waals surface area (Å²) in [5.74, 6) is 0. The molecule has 0 fully saturated rings. The van der Waals surface area contributed by atoms with Crippen LogP contribution in [0.2, 0.25) is 0 Å². The summed E-state index contributed by atoms with van der Waals surface area (Å²) in [6.45, 7) is 24.9. The molecule has 0 heterocycles. The van der Waals surface area contributed by atoms with Crippen molar-refractivity contribution in [2.45, 2.75) is 81.6 Å². The Kier molecular flexibility index (Phi) is 26.1. The molecule has 2 nitrogen and oxygen atoms in total. The predicted octanol–water partition coefficient (Wildman–Crippen LogP) is 8.56. The SMILES string of the molecule is C/C=C/C(=C\C)N(CCC)CCC.C=C(C)c1cccc(C=O)c1.CC.CCC.